The monoisotopic (exact) mass is 336 g/mol. The van der Waals surface area contributed by atoms with Gasteiger partial charge in [0.1, 0.15) is 6.04 Å². The fraction of sp³-hybridized carbons (Fsp3) is 0.500. The van der Waals surface area contributed by atoms with Crippen molar-refractivity contribution in [2.24, 2.45) is 5.73 Å². The van der Waals surface area contributed by atoms with E-state index >= 15 is 0 Å². The number of piperazine rings is 1. The molecule has 126 valence electrons. The fourth-order valence-corrected chi connectivity index (χ4v) is 3.18. The van der Waals surface area contributed by atoms with Crippen LogP contribution in [0.25, 0.3) is 0 Å². The van der Waals surface area contributed by atoms with Gasteiger partial charge in [0.15, 0.2) is 0 Å². The van der Waals surface area contributed by atoms with E-state index in [0.29, 0.717) is 19.5 Å². The van der Waals surface area contributed by atoms with E-state index in [9.17, 15) is 9.59 Å². The maximum absolute atomic E-state index is 12.6. The fourth-order valence-electron chi connectivity index (χ4n) is 2.71. The van der Waals surface area contributed by atoms with E-state index in [-0.39, 0.29) is 5.91 Å². The quantitative estimate of drug-likeness (QED) is 0.816. The Morgan fingerprint density at radius 3 is 2.43 bits per heavy atom. The SMILES string of the molecule is CSCCC(NC(N)=O)C(=O)N1CCN(c2ccccc2)CC1. The highest BCUT2D eigenvalue weighted by Crippen LogP contribution is 2.16. The molecule has 1 aromatic rings. The predicted molar refractivity (Wildman–Crippen MR) is 94.7 cm³/mol. The van der Waals surface area contributed by atoms with Gasteiger partial charge in [-0.15, -0.1) is 0 Å². The van der Waals surface area contributed by atoms with E-state index in [1.165, 1.54) is 5.69 Å². The Bertz CT molecular complexity index is 518. The van der Waals surface area contributed by atoms with E-state index in [1.54, 1.807) is 11.8 Å². The van der Waals surface area contributed by atoms with Gasteiger partial charge in [0, 0.05) is 31.9 Å². The first-order chi connectivity index (χ1) is 11.1. The number of rotatable bonds is 6. The predicted octanol–water partition coefficient (Wildman–Crippen LogP) is 1.13. The van der Waals surface area contributed by atoms with Crippen LogP contribution in [0.1, 0.15) is 6.42 Å². The number of amides is 3. The standard InChI is InChI=1S/C16H24N4O2S/c1-23-12-7-14(18-16(17)22)15(21)20-10-8-19(9-11-20)13-5-3-2-4-6-13/h2-6,14H,7-12H2,1H3,(H3,17,18,22). The van der Waals surface area contributed by atoms with Crippen LogP contribution in [-0.4, -0.2) is 61.1 Å². The molecule has 1 aromatic carbocycles. The van der Waals surface area contributed by atoms with Gasteiger partial charge < -0.3 is 20.9 Å². The molecule has 1 fully saturated rings. The van der Waals surface area contributed by atoms with Crippen molar-refractivity contribution in [2.45, 2.75) is 12.5 Å². The number of primary amides is 1. The van der Waals surface area contributed by atoms with Gasteiger partial charge in [0.2, 0.25) is 5.91 Å². The first kappa shape index (κ1) is 17.5. The molecule has 0 spiro atoms. The summed E-state index contributed by atoms with van der Waals surface area (Å²) in [6.45, 7) is 2.90. The molecular formula is C16H24N4O2S. The summed E-state index contributed by atoms with van der Waals surface area (Å²) in [6.07, 6.45) is 2.58. The van der Waals surface area contributed by atoms with Crippen molar-refractivity contribution in [3.05, 3.63) is 30.3 Å². The van der Waals surface area contributed by atoms with Gasteiger partial charge in [0.25, 0.3) is 0 Å². The molecule has 7 heteroatoms. The van der Waals surface area contributed by atoms with Crippen molar-refractivity contribution in [3.8, 4) is 0 Å². The van der Waals surface area contributed by atoms with Crippen LogP contribution in [0, 0.1) is 0 Å². The van der Waals surface area contributed by atoms with Gasteiger partial charge in [-0.1, -0.05) is 18.2 Å². The van der Waals surface area contributed by atoms with Gasteiger partial charge >= 0.3 is 6.03 Å². The van der Waals surface area contributed by atoms with Gasteiger partial charge in [-0.25, -0.2) is 4.79 Å². The van der Waals surface area contributed by atoms with Crippen LogP contribution in [0.2, 0.25) is 0 Å². The number of benzene rings is 1. The van der Waals surface area contributed by atoms with Crippen LogP contribution < -0.4 is 16.0 Å². The lowest BCUT2D eigenvalue weighted by Gasteiger charge is -2.37. The molecule has 0 aromatic heterocycles. The molecule has 0 bridgehead atoms. The van der Waals surface area contributed by atoms with Gasteiger partial charge in [-0.05, 0) is 30.6 Å². The van der Waals surface area contributed by atoms with Crippen molar-refractivity contribution < 1.29 is 9.59 Å². The van der Waals surface area contributed by atoms with Crippen LogP contribution in [0.15, 0.2) is 30.3 Å². The van der Waals surface area contributed by atoms with E-state index in [0.717, 1.165) is 18.8 Å². The van der Waals surface area contributed by atoms with E-state index in [1.807, 2.05) is 29.4 Å². The van der Waals surface area contributed by atoms with Crippen LogP contribution in [-0.2, 0) is 4.79 Å². The highest BCUT2D eigenvalue weighted by molar-refractivity contribution is 7.98. The average Bonchev–Trinajstić information content (AvgIpc) is 2.58. The molecule has 1 aliphatic rings. The van der Waals surface area contributed by atoms with Crippen molar-refractivity contribution >= 4 is 29.4 Å². The summed E-state index contributed by atoms with van der Waals surface area (Å²) >= 11 is 1.65. The number of carbonyl (C=O) groups excluding carboxylic acids is 2. The summed E-state index contributed by atoms with van der Waals surface area (Å²) in [4.78, 5) is 27.8. The molecular weight excluding hydrogens is 312 g/mol. The Morgan fingerprint density at radius 1 is 1.22 bits per heavy atom. The lowest BCUT2D eigenvalue weighted by atomic mass is 10.1. The Labute approximate surface area is 141 Å². The number of nitrogens with two attached hydrogens (primary N) is 1. The topological polar surface area (TPSA) is 78.7 Å². The largest absolute Gasteiger partial charge is 0.368 e. The molecule has 3 amide bonds. The first-order valence-electron chi connectivity index (χ1n) is 7.75. The van der Waals surface area contributed by atoms with Crippen LogP contribution in [0.5, 0.6) is 0 Å². The molecule has 1 heterocycles. The number of nitrogens with one attached hydrogen (secondary N) is 1. The summed E-state index contributed by atoms with van der Waals surface area (Å²) in [6, 6.07) is 9.01. The van der Waals surface area contributed by atoms with Crippen LogP contribution in [0.4, 0.5) is 10.5 Å². The van der Waals surface area contributed by atoms with Crippen molar-refractivity contribution in [3.63, 3.8) is 0 Å². The number of para-hydroxylation sites is 1. The van der Waals surface area contributed by atoms with Crippen molar-refractivity contribution in [1.29, 1.82) is 0 Å². The first-order valence-corrected chi connectivity index (χ1v) is 9.15. The highest BCUT2D eigenvalue weighted by Gasteiger charge is 2.27. The zero-order valence-corrected chi connectivity index (χ0v) is 14.2. The molecule has 6 nitrogen and oxygen atoms in total. The minimum Gasteiger partial charge on any atom is -0.368 e. The summed E-state index contributed by atoms with van der Waals surface area (Å²) in [5.74, 6) is 0.770. The molecule has 23 heavy (non-hydrogen) atoms. The zero-order chi connectivity index (χ0) is 16.7. The van der Waals surface area contributed by atoms with Crippen LogP contribution in [0.3, 0.4) is 0 Å². The zero-order valence-electron chi connectivity index (χ0n) is 13.4. The maximum atomic E-state index is 12.6. The lowest BCUT2D eigenvalue weighted by Crippen LogP contribution is -2.55. The van der Waals surface area contributed by atoms with Gasteiger partial charge in [-0.3, -0.25) is 4.79 Å². The van der Waals surface area contributed by atoms with Crippen molar-refractivity contribution in [2.75, 3.05) is 43.1 Å². The smallest absolute Gasteiger partial charge is 0.312 e. The third-order valence-corrected chi connectivity index (χ3v) is 4.58. The number of anilines is 1. The van der Waals surface area contributed by atoms with Gasteiger partial charge in [0.05, 0.1) is 0 Å². The Hall–Kier alpha value is -1.89. The lowest BCUT2D eigenvalue weighted by molar-refractivity contribution is -0.133. The normalized spacial score (nSPS) is 16.0. The number of hydrogen-bond donors (Lipinski definition) is 2. The Balaban J connectivity index is 1.91. The second kappa shape index (κ2) is 8.67. The molecule has 0 radical (unpaired) electrons. The van der Waals surface area contributed by atoms with E-state index < -0.39 is 12.1 Å². The Kier molecular flexibility index (Phi) is 6.58. The number of nitrogens with zero attached hydrogens (tertiary/aromatic N) is 2. The minimum atomic E-state index is -0.646. The van der Waals surface area contributed by atoms with E-state index in [4.69, 9.17) is 5.73 Å². The minimum absolute atomic E-state index is 0.0365. The average molecular weight is 336 g/mol. The second-order valence-electron chi connectivity index (χ2n) is 5.49. The second-order valence-corrected chi connectivity index (χ2v) is 6.48. The van der Waals surface area contributed by atoms with Gasteiger partial charge in [-0.2, -0.15) is 11.8 Å². The summed E-state index contributed by atoms with van der Waals surface area (Å²) in [5.41, 5.74) is 6.37. The molecule has 2 rings (SSSR count). The molecule has 0 aliphatic carbocycles. The third kappa shape index (κ3) is 5.06. The Morgan fingerprint density at radius 2 is 1.87 bits per heavy atom. The maximum Gasteiger partial charge on any atom is 0.312 e. The summed E-state index contributed by atoms with van der Waals surface area (Å²) < 4.78 is 0. The molecule has 0 saturated carbocycles. The third-order valence-electron chi connectivity index (χ3n) is 3.94. The molecule has 1 aliphatic heterocycles. The number of carbonyl (C=O) groups is 2. The molecule has 1 unspecified atom stereocenters. The highest BCUT2D eigenvalue weighted by atomic mass is 32.2. The number of thioether (sulfide) groups is 1. The molecule has 1 atom stereocenters. The number of urea groups is 1. The van der Waals surface area contributed by atoms with E-state index in [2.05, 4.69) is 22.3 Å². The summed E-state index contributed by atoms with van der Waals surface area (Å²) in [7, 11) is 0. The van der Waals surface area contributed by atoms with Crippen molar-refractivity contribution in [1.82, 2.24) is 10.2 Å². The molecule has 1 saturated heterocycles. The number of hydrogen-bond acceptors (Lipinski definition) is 4. The van der Waals surface area contributed by atoms with Crippen LogP contribution >= 0.6 is 11.8 Å². The summed E-state index contributed by atoms with van der Waals surface area (Å²) in [5, 5.41) is 2.58. The molecule has 3 N–H and O–H groups in total.